The molecule has 8 heteroatoms. The third-order valence-corrected chi connectivity index (χ3v) is 4.19. The fraction of sp³-hybridized carbons (Fsp3) is 0.150. The number of aryl methyl sites for hydroxylation is 1. The van der Waals surface area contributed by atoms with Crippen molar-refractivity contribution in [1.29, 1.82) is 0 Å². The van der Waals surface area contributed by atoms with E-state index in [1.807, 2.05) is 43.3 Å². The van der Waals surface area contributed by atoms with Crippen LogP contribution < -0.4 is 15.5 Å². The lowest BCUT2D eigenvalue weighted by Gasteiger charge is -2.13. The summed E-state index contributed by atoms with van der Waals surface area (Å²) in [5.74, 6) is -0.0377. The number of rotatable bonds is 5. The van der Waals surface area contributed by atoms with Crippen molar-refractivity contribution in [1.82, 2.24) is 9.97 Å². The number of benzene rings is 2. The molecule has 0 bridgehead atoms. The first-order chi connectivity index (χ1) is 13.3. The van der Waals surface area contributed by atoms with Crippen LogP contribution in [0, 0.1) is 12.7 Å². The van der Waals surface area contributed by atoms with Gasteiger partial charge in [-0.1, -0.05) is 11.6 Å². The number of carbonyl (C=O) groups excluding carboxylic acids is 1. The maximum absolute atomic E-state index is 13.3. The van der Waals surface area contributed by atoms with E-state index in [-0.39, 0.29) is 16.6 Å². The molecule has 3 aromatic rings. The fourth-order valence-corrected chi connectivity index (χ4v) is 2.69. The molecule has 0 saturated heterocycles. The van der Waals surface area contributed by atoms with Gasteiger partial charge in [0, 0.05) is 37.2 Å². The van der Waals surface area contributed by atoms with E-state index in [1.54, 1.807) is 6.92 Å². The van der Waals surface area contributed by atoms with Crippen LogP contribution in [0.4, 0.5) is 27.3 Å². The van der Waals surface area contributed by atoms with Crippen LogP contribution in [0.5, 0.6) is 0 Å². The van der Waals surface area contributed by atoms with Crippen molar-refractivity contribution in [3.8, 4) is 0 Å². The Hall–Kier alpha value is -3.19. The van der Waals surface area contributed by atoms with Gasteiger partial charge in [-0.05, 0) is 49.4 Å². The number of nitrogens with one attached hydrogen (secondary N) is 2. The Balaban J connectivity index is 1.78. The van der Waals surface area contributed by atoms with Crippen LogP contribution in [-0.4, -0.2) is 30.0 Å². The van der Waals surface area contributed by atoms with Gasteiger partial charge in [-0.15, -0.1) is 0 Å². The van der Waals surface area contributed by atoms with E-state index in [0.717, 1.165) is 5.69 Å². The van der Waals surface area contributed by atoms with Gasteiger partial charge in [-0.2, -0.15) is 0 Å². The number of aromatic nitrogens is 2. The minimum Gasteiger partial charge on any atom is -0.378 e. The normalized spacial score (nSPS) is 10.5. The molecule has 6 nitrogen and oxygen atoms in total. The Labute approximate surface area is 167 Å². The molecule has 0 atom stereocenters. The van der Waals surface area contributed by atoms with Gasteiger partial charge in [-0.25, -0.2) is 14.4 Å². The molecule has 28 heavy (non-hydrogen) atoms. The summed E-state index contributed by atoms with van der Waals surface area (Å²) in [5, 5.41) is 5.81. The maximum Gasteiger partial charge on any atom is 0.274 e. The van der Waals surface area contributed by atoms with Crippen LogP contribution in [0.3, 0.4) is 0 Å². The molecule has 0 aliphatic carbocycles. The SMILES string of the molecule is Cc1nc(Nc2ccc(F)c(Cl)c2)cc(C(=O)Nc2ccc(N(C)C)cc2)n1. The van der Waals surface area contributed by atoms with Gasteiger partial charge < -0.3 is 15.5 Å². The number of amides is 1. The monoisotopic (exact) mass is 399 g/mol. The molecule has 3 rings (SSSR count). The van der Waals surface area contributed by atoms with Crippen LogP contribution >= 0.6 is 11.6 Å². The summed E-state index contributed by atoms with van der Waals surface area (Å²) in [6, 6.07) is 13.2. The van der Waals surface area contributed by atoms with E-state index in [2.05, 4.69) is 20.6 Å². The highest BCUT2D eigenvalue weighted by atomic mass is 35.5. The smallest absolute Gasteiger partial charge is 0.274 e. The van der Waals surface area contributed by atoms with Crippen molar-refractivity contribution in [2.24, 2.45) is 0 Å². The molecule has 1 heterocycles. The molecule has 1 amide bonds. The first kappa shape index (κ1) is 19.6. The average Bonchev–Trinajstić information content (AvgIpc) is 2.64. The highest BCUT2D eigenvalue weighted by Gasteiger charge is 2.12. The van der Waals surface area contributed by atoms with E-state index in [4.69, 9.17) is 11.6 Å². The predicted octanol–water partition coefficient (Wildman–Crippen LogP) is 4.64. The fourth-order valence-electron chi connectivity index (χ4n) is 2.51. The van der Waals surface area contributed by atoms with Crippen LogP contribution in [0.25, 0.3) is 0 Å². The van der Waals surface area contributed by atoms with Gasteiger partial charge in [0.1, 0.15) is 23.2 Å². The summed E-state index contributed by atoms with van der Waals surface area (Å²) in [6.07, 6.45) is 0. The van der Waals surface area contributed by atoms with Crippen LogP contribution in [0.15, 0.2) is 48.5 Å². The maximum atomic E-state index is 13.3. The quantitative estimate of drug-likeness (QED) is 0.654. The van der Waals surface area contributed by atoms with E-state index in [9.17, 15) is 9.18 Å². The van der Waals surface area contributed by atoms with Crippen molar-refractivity contribution in [2.75, 3.05) is 29.6 Å². The largest absolute Gasteiger partial charge is 0.378 e. The van der Waals surface area contributed by atoms with E-state index in [0.29, 0.717) is 23.0 Å². The highest BCUT2D eigenvalue weighted by Crippen LogP contribution is 2.22. The Morgan fingerprint density at radius 2 is 1.71 bits per heavy atom. The first-order valence-electron chi connectivity index (χ1n) is 8.48. The standard InChI is InChI=1S/C20H19ClFN5O/c1-12-23-18(20(28)26-13-4-7-15(8-5-13)27(2)3)11-19(24-12)25-14-6-9-17(22)16(21)10-14/h4-11H,1-3H3,(H,26,28)(H,23,24,25). The van der Waals surface area contributed by atoms with Gasteiger partial charge in [0.05, 0.1) is 5.02 Å². The number of hydrogen-bond acceptors (Lipinski definition) is 5. The lowest BCUT2D eigenvalue weighted by molar-refractivity contribution is 0.102. The summed E-state index contributed by atoms with van der Waals surface area (Å²) in [6.45, 7) is 1.69. The molecule has 0 radical (unpaired) electrons. The van der Waals surface area contributed by atoms with Gasteiger partial charge in [0.25, 0.3) is 5.91 Å². The topological polar surface area (TPSA) is 70.2 Å². The first-order valence-corrected chi connectivity index (χ1v) is 8.86. The molecule has 0 aliphatic rings. The van der Waals surface area contributed by atoms with Crippen LogP contribution in [0.2, 0.25) is 5.02 Å². The summed E-state index contributed by atoms with van der Waals surface area (Å²) >= 11 is 5.80. The lowest BCUT2D eigenvalue weighted by Crippen LogP contribution is -2.15. The zero-order valence-electron chi connectivity index (χ0n) is 15.6. The Kier molecular flexibility index (Phi) is 5.75. The Morgan fingerprint density at radius 1 is 1.04 bits per heavy atom. The van der Waals surface area contributed by atoms with Gasteiger partial charge in [0.15, 0.2) is 0 Å². The Morgan fingerprint density at radius 3 is 2.36 bits per heavy atom. The van der Waals surface area contributed by atoms with Crippen molar-refractivity contribution in [3.05, 3.63) is 70.9 Å². The number of carbonyl (C=O) groups is 1. The highest BCUT2D eigenvalue weighted by molar-refractivity contribution is 6.31. The predicted molar refractivity (Wildman–Crippen MR) is 110 cm³/mol. The van der Waals surface area contributed by atoms with Crippen LogP contribution in [0.1, 0.15) is 16.3 Å². The molecule has 2 aromatic carbocycles. The summed E-state index contributed by atoms with van der Waals surface area (Å²) < 4.78 is 13.3. The summed E-state index contributed by atoms with van der Waals surface area (Å²) in [7, 11) is 3.89. The Bertz CT molecular complexity index is 1010. The zero-order chi connectivity index (χ0) is 20.3. The molecule has 0 aliphatic heterocycles. The molecule has 1 aromatic heterocycles. The average molecular weight is 400 g/mol. The third-order valence-electron chi connectivity index (χ3n) is 3.90. The van der Waals surface area contributed by atoms with Crippen molar-refractivity contribution < 1.29 is 9.18 Å². The molecular formula is C20H19ClFN5O. The molecular weight excluding hydrogens is 381 g/mol. The molecule has 144 valence electrons. The van der Waals surface area contributed by atoms with Gasteiger partial charge >= 0.3 is 0 Å². The number of halogens is 2. The second-order valence-electron chi connectivity index (χ2n) is 6.33. The van der Waals surface area contributed by atoms with Crippen LogP contribution in [-0.2, 0) is 0 Å². The number of hydrogen-bond donors (Lipinski definition) is 2. The zero-order valence-corrected chi connectivity index (χ0v) is 16.4. The number of nitrogens with zero attached hydrogens (tertiary/aromatic N) is 3. The van der Waals surface area contributed by atoms with Crippen molar-refractivity contribution >= 4 is 40.4 Å². The molecule has 0 unspecified atom stereocenters. The van der Waals surface area contributed by atoms with E-state index >= 15 is 0 Å². The third kappa shape index (κ3) is 4.75. The van der Waals surface area contributed by atoms with Gasteiger partial charge in [-0.3, -0.25) is 4.79 Å². The second kappa shape index (κ2) is 8.22. The minimum absolute atomic E-state index is 0.00471. The van der Waals surface area contributed by atoms with Crippen molar-refractivity contribution in [3.63, 3.8) is 0 Å². The molecule has 0 spiro atoms. The summed E-state index contributed by atoms with van der Waals surface area (Å²) in [4.78, 5) is 23.0. The minimum atomic E-state index is -0.508. The molecule has 2 N–H and O–H groups in total. The van der Waals surface area contributed by atoms with E-state index < -0.39 is 5.82 Å². The van der Waals surface area contributed by atoms with Gasteiger partial charge in [0.2, 0.25) is 0 Å². The second-order valence-corrected chi connectivity index (χ2v) is 6.74. The lowest BCUT2D eigenvalue weighted by atomic mass is 10.2. The van der Waals surface area contributed by atoms with E-state index in [1.165, 1.54) is 24.3 Å². The number of anilines is 4. The summed E-state index contributed by atoms with van der Waals surface area (Å²) in [5.41, 5.74) is 2.45. The van der Waals surface area contributed by atoms with Crippen molar-refractivity contribution in [2.45, 2.75) is 6.92 Å². The molecule has 0 fully saturated rings. The molecule has 0 saturated carbocycles.